The zero-order chi connectivity index (χ0) is 35.8. The van der Waals surface area contributed by atoms with E-state index in [0.717, 1.165) is 49.9 Å². The Kier molecular flexibility index (Phi) is 7.81. The number of rotatable bonds is 7. The lowest BCUT2D eigenvalue weighted by atomic mass is 9.99. The number of nitrogens with zero attached hydrogens (tertiary/aromatic N) is 2. The van der Waals surface area contributed by atoms with Crippen molar-refractivity contribution in [3.05, 3.63) is 206 Å². The molecule has 0 aliphatic heterocycles. The van der Waals surface area contributed by atoms with Crippen molar-refractivity contribution < 1.29 is 4.42 Å². The van der Waals surface area contributed by atoms with Crippen molar-refractivity contribution in [3.8, 4) is 44.8 Å². The van der Waals surface area contributed by atoms with Gasteiger partial charge in [-0.3, -0.25) is 0 Å². The summed E-state index contributed by atoms with van der Waals surface area (Å²) in [7, 11) is 0. The van der Waals surface area contributed by atoms with E-state index in [-0.39, 0.29) is 0 Å². The van der Waals surface area contributed by atoms with Gasteiger partial charge in [0, 0.05) is 28.0 Å². The molecule has 0 saturated carbocycles. The van der Waals surface area contributed by atoms with E-state index >= 15 is 0 Å². The summed E-state index contributed by atoms with van der Waals surface area (Å²) in [5.74, 6) is 0.619. The minimum Gasteiger partial charge on any atom is -0.435 e. The second kappa shape index (κ2) is 13.4. The fourth-order valence-electron chi connectivity index (χ4n) is 7.47. The smallest absolute Gasteiger partial charge is 0.227 e. The first-order valence-electron chi connectivity index (χ1n) is 18.3. The van der Waals surface area contributed by atoms with Crippen LogP contribution in [0.3, 0.4) is 0 Å². The van der Waals surface area contributed by atoms with Gasteiger partial charge in [0.25, 0.3) is 0 Å². The molecular weight excluding hydrogens is 657 g/mol. The lowest BCUT2D eigenvalue weighted by molar-refractivity contribution is 0.623. The van der Waals surface area contributed by atoms with Crippen molar-refractivity contribution in [1.82, 2.24) is 4.98 Å². The maximum atomic E-state index is 6.60. The minimum absolute atomic E-state index is 0.619. The molecule has 0 fully saturated rings. The van der Waals surface area contributed by atoms with E-state index in [1.807, 2.05) is 0 Å². The average Bonchev–Trinajstić information content (AvgIpc) is 3.70. The number of hydrogen-bond donors (Lipinski definition) is 0. The molecule has 3 nitrogen and oxygen atoms in total. The minimum atomic E-state index is 0.619. The molecule has 10 rings (SSSR count). The molecule has 0 bridgehead atoms. The second-order valence-electron chi connectivity index (χ2n) is 13.6. The van der Waals surface area contributed by atoms with Crippen LogP contribution in [0.4, 0.5) is 17.1 Å². The molecule has 0 saturated heterocycles. The van der Waals surface area contributed by atoms with Gasteiger partial charge < -0.3 is 9.32 Å². The molecule has 0 N–H and O–H groups in total. The van der Waals surface area contributed by atoms with Crippen molar-refractivity contribution >= 4 is 49.7 Å². The number of benzene rings is 9. The summed E-state index contributed by atoms with van der Waals surface area (Å²) in [6, 6.07) is 73.0. The Hall–Kier alpha value is -7.23. The third-order valence-corrected chi connectivity index (χ3v) is 10.3. The molecule has 0 aliphatic rings. The highest BCUT2D eigenvalue weighted by Crippen LogP contribution is 2.40. The highest BCUT2D eigenvalue weighted by atomic mass is 16.3. The number of oxazole rings is 1. The maximum Gasteiger partial charge on any atom is 0.227 e. The molecule has 0 atom stereocenters. The summed E-state index contributed by atoms with van der Waals surface area (Å²) in [5, 5.41) is 4.47. The van der Waals surface area contributed by atoms with Crippen molar-refractivity contribution in [2.24, 2.45) is 0 Å². The van der Waals surface area contributed by atoms with Gasteiger partial charge in [-0.05, 0) is 110 Å². The quantitative estimate of drug-likeness (QED) is 0.167. The molecule has 1 heterocycles. The van der Waals surface area contributed by atoms with E-state index in [1.165, 1.54) is 38.8 Å². The normalized spacial score (nSPS) is 11.3. The van der Waals surface area contributed by atoms with Gasteiger partial charge in [0.2, 0.25) is 5.89 Å². The molecule has 10 aromatic rings. The highest BCUT2D eigenvalue weighted by molar-refractivity contribution is 6.05. The molecule has 0 amide bonds. The van der Waals surface area contributed by atoms with E-state index in [4.69, 9.17) is 9.40 Å². The Morgan fingerprint density at radius 3 is 1.52 bits per heavy atom. The van der Waals surface area contributed by atoms with Crippen LogP contribution in [0.15, 0.2) is 211 Å². The van der Waals surface area contributed by atoms with Crippen molar-refractivity contribution in [2.75, 3.05) is 4.90 Å². The van der Waals surface area contributed by atoms with Crippen LogP contribution in [0, 0.1) is 0 Å². The second-order valence-corrected chi connectivity index (χ2v) is 13.6. The van der Waals surface area contributed by atoms with Crippen molar-refractivity contribution in [2.45, 2.75) is 0 Å². The first-order chi connectivity index (χ1) is 26.7. The van der Waals surface area contributed by atoms with Gasteiger partial charge in [0.1, 0.15) is 5.52 Å². The molecule has 3 heteroatoms. The molecule has 254 valence electrons. The first kappa shape index (κ1) is 31.5. The Morgan fingerprint density at radius 2 is 0.833 bits per heavy atom. The lowest BCUT2D eigenvalue weighted by Crippen LogP contribution is -2.09. The van der Waals surface area contributed by atoms with E-state index in [2.05, 4.69) is 211 Å². The van der Waals surface area contributed by atoms with Gasteiger partial charge in [-0.2, -0.15) is 0 Å². The summed E-state index contributed by atoms with van der Waals surface area (Å²) in [5.41, 5.74) is 12.9. The van der Waals surface area contributed by atoms with Crippen LogP contribution < -0.4 is 4.90 Å². The molecule has 0 unspecified atom stereocenters. The summed E-state index contributed by atoms with van der Waals surface area (Å²) in [4.78, 5) is 7.27. The third-order valence-electron chi connectivity index (χ3n) is 10.3. The highest BCUT2D eigenvalue weighted by Gasteiger charge is 2.17. The Balaban J connectivity index is 1.07. The maximum absolute atomic E-state index is 6.60. The fraction of sp³-hybridized carbons (Fsp3) is 0. The lowest BCUT2D eigenvalue weighted by Gasteiger charge is -2.26. The van der Waals surface area contributed by atoms with Crippen LogP contribution in [0.5, 0.6) is 0 Å². The third kappa shape index (κ3) is 5.88. The SMILES string of the molecule is c1ccc(-c2ccc(N(c3ccc(-c4cccc(-c5ccccc5)c4)cc3)c3ccc4ccc5nc(-c6ccc7ccccc7c6)oc5c4c3)cc2)cc1. The van der Waals surface area contributed by atoms with Crippen LogP contribution in [0.1, 0.15) is 0 Å². The summed E-state index contributed by atoms with van der Waals surface area (Å²) in [6.07, 6.45) is 0. The van der Waals surface area contributed by atoms with Crippen molar-refractivity contribution in [1.29, 1.82) is 0 Å². The molecular formula is C51H34N2O. The van der Waals surface area contributed by atoms with Gasteiger partial charge in [-0.25, -0.2) is 4.98 Å². The summed E-state index contributed by atoms with van der Waals surface area (Å²) in [6.45, 7) is 0. The first-order valence-corrected chi connectivity index (χ1v) is 18.3. The monoisotopic (exact) mass is 690 g/mol. The molecule has 1 aromatic heterocycles. The Bertz CT molecular complexity index is 2910. The largest absolute Gasteiger partial charge is 0.435 e. The number of aromatic nitrogens is 1. The Labute approximate surface area is 314 Å². The van der Waals surface area contributed by atoms with Gasteiger partial charge in [0.15, 0.2) is 5.58 Å². The van der Waals surface area contributed by atoms with Gasteiger partial charge in [0.05, 0.1) is 0 Å². The summed E-state index contributed by atoms with van der Waals surface area (Å²) < 4.78 is 6.60. The molecule has 0 aliphatic carbocycles. The van der Waals surface area contributed by atoms with E-state index in [0.29, 0.717) is 5.89 Å². The van der Waals surface area contributed by atoms with Gasteiger partial charge >= 0.3 is 0 Å². The van der Waals surface area contributed by atoms with Crippen LogP contribution >= 0.6 is 0 Å². The molecule has 0 spiro atoms. The average molecular weight is 691 g/mol. The van der Waals surface area contributed by atoms with E-state index in [9.17, 15) is 0 Å². The predicted octanol–water partition coefficient (Wildman–Crippen LogP) is 14.3. The van der Waals surface area contributed by atoms with Gasteiger partial charge in [-0.15, -0.1) is 0 Å². The summed E-state index contributed by atoms with van der Waals surface area (Å²) >= 11 is 0. The molecule has 9 aromatic carbocycles. The van der Waals surface area contributed by atoms with Gasteiger partial charge in [-0.1, -0.05) is 146 Å². The zero-order valence-electron chi connectivity index (χ0n) is 29.4. The predicted molar refractivity (Wildman–Crippen MR) is 225 cm³/mol. The van der Waals surface area contributed by atoms with Crippen LogP contribution in [0.25, 0.3) is 77.5 Å². The van der Waals surface area contributed by atoms with Crippen molar-refractivity contribution in [3.63, 3.8) is 0 Å². The molecule has 0 radical (unpaired) electrons. The number of fused-ring (bicyclic) bond motifs is 4. The number of hydrogen-bond acceptors (Lipinski definition) is 3. The Morgan fingerprint density at radius 1 is 0.333 bits per heavy atom. The van der Waals surface area contributed by atoms with Crippen LogP contribution in [-0.4, -0.2) is 4.98 Å². The standard InChI is InChI=1S/C51H34N2O/c1-3-10-35(11-4-1)38-20-26-45(27-21-38)53(46-28-22-39(23-29-46)43-17-9-16-42(32-43)36-12-5-2-6-13-36)47-30-24-40-25-31-49-50(48(40)34-47)54-51(52-49)44-19-18-37-14-7-8-15-41(37)33-44/h1-34H. The molecule has 54 heavy (non-hydrogen) atoms. The van der Waals surface area contributed by atoms with E-state index in [1.54, 1.807) is 0 Å². The van der Waals surface area contributed by atoms with Crippen LogP contribution in [-0.2, 0) is 0 Å². The fourth-order valence-corrected chi connectivity index (χ4v) is 7.47. The number of anilines is 3. The topological polar surface area (TPSA) is 29.3 Å². The zero-order valence-corrected chi connectivity index (χ0v) is 29.4. The van der Waals surface area contributed by atoms with E-state index < -0.39 is 0 Å². The van der Waals surface area contributed by atoms with Crippen LogP contribution in [0.2, 0.25) is 0 Å².